The lowest BCUT2D eigenvalue weighted by Gasteiger charge is -2.48. The Kier molecular flexibility index (Phi) is 8.61. The zero-order valence-corrected chi connectivity index (χ0v) is 24.5. The number of ketones is 1. The van der Waals surface area contributed by atoms with Crippen LogP contribution in [0, 0.1) is 28.6 Å². The van der Waals surface area contributed by atoms with Gasteiger partial charge in [-0.05, 0) is 36.8 Å². The standard InChI is InChI=1S/C32H50O7/c1-6-7-8-9-10-11-12-13-14-15-24(34)39-31-18-21(3)30-17-20(2)26(35)32(30,38)27(36)22(19-33)16-23(28(30)37)25(31)29(31,4)5/h16-17,21,23,25-27,33,35-36,38H,6-15,18-19H2,1-5H3/t21-,23-,25+,26+,27-,30-,31+,32-/m1/s1. The third-order valence-electron chi connectivity index (χ3n) is 10.8. The Bertz CT molecular complexity index is 1010. The monoisotopic (exact) mass is 546 g/mol. The summed E-state index contributed by atoms with van der Waals surface area (Å²) in [5.74, 6) is -2.21. The molecule has 8 atom stereocenters. The minimum Gasteiger partial charge on any atom is -0.458 e. The van der Waals surface area contributed by atoms with E-state index in [1.807, 2.05) is 20.8 Å². The van der Waals surface area contributed by atoms with Crippen LogP contribution in [0.25, 0.3) is 0 Å². The molecule has 0 aromatic carbocycles. The molecule has 0 amide bonds. The SMILES string of the molecule is CCCCCCCCCCCC(=O)O[C@@]12C[C@@H](C)[C@@]34C=C(C)[C@H](O)[C@@]3(O)[C@H](O)C(CO)=C[C@@H](C4=O)[C@H]1C2(C)C. The van der Waals surface area contributed by atoms with Crippen molar-refractivity contribution in [3.8, 4) is 0 Å². The Morgan fingerprint density at radius 1 is 1.03 bits per heavy atom. The van der Waals surface area contributed by atoms with Crippen LogP contribution in [-0.4, -0.2) is 62.2 Å². The summed E-state index contributed by atoms with van der Waals surface area (Å²) in [4.78, 5) is 27.5. The molecule has 4 N–H and O–H groups in total. The highest BCUT2D eigenvalue weighted by molar-refractivity contribution is 5.95. The van der Waals surface area contributed by atoms with Crippen LogP contribution in [0.3, 0.4) is 0 Å². The van der Waals surface area contributed by atoms with Crippen molar-refractivity contribution in [2.45, 2.75) is 129 Å². The average Bonchev–Trinajstić information content (AvgIpc) is 3.30. The van der Waals surface area contributed by atoms with E-state index in [4.69, 9.17) is 4.74 Å². The van der Waals surface area contributed by atoms with Gasteiger partial charge in [0.15, 0.2) is 5.78 Å². The summed E-state index contributed by atoms with van der Waals surface area (Å²) in [6.45, 7) is 9.16. The first kappa shape index (κ1) is 30.4. The summed E-state index contributed by atoms with van der Waals surface area (Å²) in [5, 5.41) is 44.5. The second kappa shape index (κ2) is 11.0. The van der Waals surface area contributed by atoms with Gasteiger partial charge in [-0.2, -0.15) is 0 Å². The van der Waals surface area contributed by atoms with E-state index in [1.165, 1.54) is 38.5 Å². The van der Waals surface area contributed by atoms with Crippen molar-refractivity contribution in [2.24, 2.45) is 28.6 Å². The Hall–Kier alpha value is -1.54. The maximum atomic E-state index is 14.4. The number of esters is 1. The van der Waals surface area contributed by atoms with Crippen molar-refractivity contribution in [1.29, 1.82) is 0 Å². The van der Waals surface area contributed by atoms with Gasteiger partial charge in [0.1, 0.15) is 23.4 Å². The van der Waals surface area contributed by atoms with Crippen LogP contribution in [0.5, 0.6) is 0 Å². The molecule has 2 bridgehead atoms. The molecule has 0 heterocycles. The Morgan fingerprint density at radius 2 is 1.62 bits per heavy atom. The zero-order chi connectivity index (χ0) is 28.8. The highest BCUT2D eigenvalue weighted by Crippen LogP contribution is 2.75. The van der Waals surface area contributed by atoms with Gasteiger partial charge >= 0.3 is 5.97 Å². The van der Waals surface area contributed by atoms with E-state index in [0.717, 1.165) is 19.3 Å². The number of unbranched alkanes of at least 4 members (excludes halogenated alkanes) is 8. The van der Waals surface area contributed by atoms with E-state index in [9.17, 15) is 30.0 Å². The van der Waals surface area contributed by atoms with Gasteiger partial charge in [-0.25, -0.2) is 0 Å². The molecular weight excluding hydrogens is 496 g/mol. The maximum Gasteiger partial charge on any atom is 0.306 e. The van der Waals surface area contributed by atoms with Crippen LogP contribution in [0.1, 0.15) is 105 Å². The molecule has 4 rings (SSSR count). The van der Waals surface area contributed by atoms with Crippen LogP contribution < -0.4 is 0 Å². The summed E-state index contributed by atoms with van der Waals surface area (Å²) in [5.41, 5.74) is -4.64. The summed E-state index contributed by atoms with van der Waals surface area (Å²) in [6, 6.07) is 0. The summed E-state index contributed by atoms with van der Waals surface area (Å²) < 4.78 is 6.31. The van der Waals surface area contributed by atoms with Crippen molar-refractivity contribution in [2.75, 3.05) is 6.61 Å². The van der Waals surface area contributed by atoms with E-state index in [-0.39, 0.29) is 23.2 Å². The fourth-order valence-corrected chi connectivity index (χ4v) is 8.56. The molecule has 0 aromatic heterocycles. The van der Waals surface area contributed by atoms with Crippen molar-refractivity contribution in [3.63, 3.8) is 0 Å². The lowest BCUT2D eigenvalue weighted by atomic mass is 9.59. The van der Waals surface area contributed by atoms with Crippen molar-refractivity contribution in [3.05, 3.63) is 23.3 Å². The number of aliphatic hydroxyl groups excluding tert-OH is 3. The molecule has 1 spiro atoms. The zero-order valence-electron chi connectivity index (χ0n) is 24.5. The van der Waals surface area contributed by atoms with Gasteiger partial charge < -0.3 is 25.2 Å². The van der Waals surface area contributed by atoms with Gasteiger partial charge in [0.05, 0.1) is 12.0 Å². The van der Waals surface area contributed by atoms with Gasteiger partial charge in [-0.1, -0.05) is 91.2 Å². The first-order valence-corrected chi connectivity index (χ1v) is 15.2. The number of Topliss-reactive ketones (excluding diaryl/α,β-unsaturated/α-hetero) is 1. The number of aliphatic hydroxyl groups is 4. The largest absolute Gasteiger partial charge is 0.458 e. The lowest BCUT2D eigenvalue weighted by Crippen LogP contribution is -2.65. The number of carbonyl (C=O) groups excluding carboxylic acids is 2. The quantitative estimate of drug-likeness (QED) is 0.162. The second-order valence-electron chi connectivity index (χ2n) is 13.4. The first-order chi connectivity index (χ1) is 18.4. The molecule has 39 heavy (non-hydrogen) atoms. The molecule has 2 saturated carbocycles. The van der Waals surface area contributed by atoms with Crippen LogP contribution in [0.4, 0.5) is 0 Å². The predicted octanol–water partition coefficient (Wildman–Crippen LogP) is 4.40. The maximum absolute atomic E-state index is 14.4. The highest BCUT2D eigenvalue weighted by Gasteiger charge is 2.83. The number of hydrogen-bond acceptors (Lipinski definition) is 7. The molecule has 7 nitrogen and oxygen atoms in total. The van der Waals surface area contributed by atoms with Crippen molar-refractivity contribution in [1.82, 2.24) is 0 Å². The predicted molar refractivity (Wildman–Crippen MR) is 149 cm³/mol. The molecule has 7 heteroatoms. The third-order valence-corrected chi connectivity index (χ3v) is 10.8. The number of rotatable bonds is 12. The van der Waals surface area contributed by atoms with Crippen molar-refractivity contribution < 1.29 is 34.8 Å². The highest BCUT2D eigenvalue weighted by atomic mass is 16.6. The Morgan fingerprint density at radius 3 is 2.21 bits per heavy atom. The smallest absolute Gasteiger partial charge is 0.306 e. The topological polar surface area (TPSA) is 124 Å². The number of allylic oxidation sites excluding steroid dienone is 1. The molecule has 0 aromatic rings. The van der Waals surface area contributed by atoms with Gasteiger partial charge in [-0.3, -0.25) is 9.59 Å². The van der Waals surface area contributed by atoms with Crippen LogP contribution in [0.15, 0.2) is 23.3 Å². The van der Waals surface area contributed by atoms with Crippen molar-refractivity contribution >= 4 is 11.8 Å². The van der Waals surface area contributed by atoms with E-state index in [1.54, 1.807) is 19.1 Å². The molecule has 220 valence electrons. The fourth-order valence-electron chi connectivity index (χ4n) is 8.56. The van der Waals surface area contributed by atoms with Gasteiger partial charge in [0.25, 0.3) is 0 Å². The average molecular weight is 547 g/mol. The fraction of sp³-hybridized carbons (Fsp3) is 0.812. The third kappa shape index (κ3) is 4.47. The molecular formula is C32H50O7. The molecule has 0 aliphatic heterocycles. The van der Waals surface area contributed by atoms with E-state index < -0.39 is 52.7 Å². The summed E-state index contributed by atoms with van der Waals surface area (Å²) >= 11 is 0. The Labute approximate surface area is 233 Å². The van der Waals surface area contributed by atoms with Gasteiger partial charge in [0, 0.05) is 23.7 Å². The first-order valence-electron chi connectivity index (χ1n) is 15.2. The van der Waals surface area contributed by atoms with Gasteiger partial charge in [0.2, 0.25) is 0 Å². The van der Waals surface area contributed by atoms with Gasteiger partial charge in [-0.15, -0.1) is 0 Å². The van der Waals surface area contributed by atoms with Crippen LogP contribution in [-0.2, 0) is 14.3 Å². The normalized spacial score (nSPS) is 40.1. The molecule has 2 fully saturated rings. The molecule has 0 saturated heterocycles. The molecule has 0 unspecified atom stereocenters. The number of ether oxygens (including phenoxy) is 1. The van der Waals surface area contributed by atoms with Crippen LogP contribution >= 0.6 is 0 Å². The van der Waals surface area contributed by atoms with E-state index in [2.05, 4.69) is 6.92 Å². The minimum absolute atomic E-state index is 0.117. The number of fused-ring (bicyclic) bond motifs is 3. The second-order valence-corrected chi connectivity index (χ2v) is 13.4. The Balaban J connectivity index is 1.53. The molecule has 0 radical (unpaired) electrons. The summed E-state index contributed by atoms with van der Waals surface area (Å²) in [7, 11) is 0. The van der Waals surface area contributed by atoms with E-state index >= 15 is 0 Å². The summed E-state index contributed by atoms with van der Waals surface area (Å²) in [6.07, 6.45) is 11.2. The molecule has 4 aliphatic carbocycles. The number of carbonyl (C=O) groups is 2. The number of hydrogen-bond donors (Lipinski definition) is 4. The van der Waals surface area contributed by atoms with E-state index in [0.29, 0.717) is 18.4 Å². The molecule has 4 aliphatic rings. The van der Waals surface area contributed by atoms with Crippen LogP contribution in [0.2, 0.25) is 0 Å². The lowest BCUT2D eigenvalue weighted by molar-refractivity contribution is -0.191. The minimum atomic E-state index is -2.21.